The van der Waals surface area contributed by atoms with Crippen LogP contribution < -0.4 is 10.6 Å². The van der Waals surface area contributed by atoms with Crippen LogP contribution in [-0.4, -0.2) is 37.8 Å². The lowest BCUT2D eigenvalue weighted by atomic mass is 10.2. The van der Waals surface area contributed by atoms with E-state index in [1.807, 2.05) is 0 Å². The summed E-state index contributed by atoms with van der Waals surface area (Å²) in [5.41, 5.74) is 1.88. The molecule has 308 valence electrons. The molecule has 0 aliphatic carbocycles. The van der Waals surface area contributed by atoms with Crippen molar-refractivity contribution < 1.29 is 35.9 Å². The first-order valence-electron chi connectivity index (χ1n) is 18.1. The van der Waals surface area contributed by atoms with Crippen LogP contribution in [0.15, 0.2) is 161 Å². The Morgan fingerprint density at radius 2 is 0.967 bits per heavy atom. The predicted molar refractivity (Wildman–Crippen MR) is 223 cm³/mol. The second kappa shape index (κ2) is 17.0. The number of nitro groups is 2. The molecular weight excluding hydrogens is 849 g/mol. The van der Waals surface area contributed by atoms with Crippen molar-refractivity contribution in [3.8, 4) is 22.9 Å². The first kappa shape index (κ1) is 40.3. The van der Waals surface area contributed by atoms with Gasteiger partial charge >= 0.3 is 0 Å². The van der Waals surface area contributed by atoms with Gasteiger partial charge in [0.15, 0.2) is 0 Å². The van der Waals surface area contributed by atoms with E-state index in [1.54, 1.807) is 48.5 Å². The Morgan fingerprint density at radius 1 is 0.590 bits per heavy atom. The van der Waals surface area contributed by atoms with E-state index in [-0.39, 0.29) is 55.5 Å². The first-order valence-corrected chi connectivity index (χ1v) is 20.4. The predicted octanol–water partition coefficient (Wildman–Crippen LogP) is 9.60. The molecule has 4 aromatic heterocycles. The van der Waals surface area contributed by atoms with Crippen LogP contribution in [0.2, 0.25) is 0 Å². The second-order valence-electron chi connectivity index (χ2n) is 13.3. The number of sulfone groups is 1. The number of rotatable bonds is 16. The van der Waals surface area contributed by atoms with E-state index in [9.17, 15) is 28.6 Å². The summed E-state index contributed by atoms with van der Waals surface area (Å²) in [6.07, 6.45) is 2.34. The smallest absolute Gasteiger partial charge is 0.289 e. The van der Waals surface area contributed by atoms with Crippen LogP contribution in [0, 0.1) is 29.9 Å². The molecule has 0 saturated carbocycles. The summed E-state index contributed by atoms with van der Waals surface area (Å²) in [4.78, 5) is 21.4. The number of nitrogens with zero attached hydrogens (tertiary/aromatic N) is 6. The number of aromatic nitrogens is 4. The van der Waals surface area contributed by atoms with Gasteiger partial charge in [0.25, 0.3) is 21.0 Å². The van der Waals surface area contributed by atoms with Crippen LogP contribution in [0.5, 0.6) is 0 Å². The third-order valence-electron chi connectivity index (χ3n) is 9.32. The van der Waals surface area contributed by atoms with E-state index in [2.05, 4.69) is 20.8 Å². The molecule has 4 heterocycles. The normalized spacial score (nSPS) is 12.5. The monoisotopic (exact) mass is 878 g/mol. The largest absolute Gasteiger partial charge is 0.469 e. The van der Waals surface area contributed by atoms with Gasteiger partial charge in [0.05, 0.1) is 32.2 Å². The van der Waals surface area contributed by atoms with E-state index in [0.29, 0.717) is 34.0 Å². The van der Waals surface area contributed by atoms with E-state index in [1.165, 1.54) is 94.7 Å². The van der Waals surface area contributed by atoms with Gasteiger partial charge in [-0.25, -0.2) is 8.42 Å². The summed E-state index contributed by atoms with van der Waals surface area (Å²) < 4.78 is 53.2. The van der Waals surface area contributed by atoms with Gasteiger partial charge in [-0.15, -0.1) is 10.2 Å². The molecule has 0 radical (unpaired) electrons. The van der Waals surface area contributed by atoms with Gasteiger partial charge < -0.3 is 28.3 Å². The minimum absolute atomic E-state index is 0.0260. The Hall–Kier alpha value is -7.49. The molecule has 0 fully saturated rings. The van der Waals surface area contributed by atoms with Crippen LogP contribution in [0.1, 0.15) is 23.9 Å². The van der Waals surface area contributed by atoms with Gasteiger partial charge in [-0.3, -0.25) is 20.2 Å². The van der Waals surface area contributed by atoms with E-state index in [0.717, 1.165) is 0 Å². The maximum absolute atomic E-state index is 13.8. The van der Waals surface area contributed by atoms with Gasteiger partial charge in [0, 0.05) is 59.6 Å². The van der Waals surface area contributed by atoms with Crippen molar-refractivity contribution in [2.24, 2.45) is 0 Å². The second-order valence-corrected chi connectivity index (χ2v) is 15.9. The molecule has 0 amide bonds. The molecule has 2 atom stereocenters. The summed E-state index contributed by atoms with van der Waals surface area (Å²) in [6, 6.07) is 30.8. The number of anilines is 2. The quantitative estimate of drug-likeness (QED) is 0.0522. The number of nitrogens with one attached hydrogen (secondary N) is 2. The standard InChI is InChI=1S/C40H30N8O10S3/c49-47(50)29-13-5-25(6-14-29)37-43-45(39(59)57-37)35(23-31-3-1-21-55-31)41-27-9-17-33(18-10-27)61(53,54)34-19-11-28(12-20-34)42-36(24-32-4-2-22-56-32)46-40(60)58-38(44-46)26-7-15-30(16-8-26)48(51)52/h1-22,35-36,41-42H,23-24H2. The summed E-state index contributed by atoms with van der Waals surface area (Å²) in [7, 11) is -3.97. The summed E-state index contributed by atoms with van der Waals surface area (Å²) in [5, 5.41) is 38.0. The lowest BCUT2D eigenvalue weighted by molar-refractivity contribution is -0.385. The highest BCUT2D eigenvalue weighted by atomic mass is 32.2. The number of hydrogen-bond donors (Lipinski definition) is 2. The number of benzene rings is 4. The molecule has 2 N–H and O–H groups in total. The average molecular weight is 879 g/mol. The van der Waals surface area contributed by atoms with Gasteiger partial charge in [-0.2, -0.15) is 9.36 Å². The molecule has 0 aliphatic heterocycles. The van der Waals surface area contributed by atoms with Crippen molar-refractivity contribution in [3.05, 3.63) is 175 Å². The third kappa shape index (κ3) is 8.93. The highest BCUT2D eigenvalue weighted by Crippen LogP contribution is 2.30. The topological polar surface area (TPSA) is 233 Å². The maximum Gasteiger partial charge on any atom is 0.289 e. The van der Waals surface area contributed by atoms with Gasteiger partial charge in [-0.05, 0) is 121 Å². The minimum Gasteiger partial charge on any atom is -0.469 e. The van der Waals surface area contributed by atoms with Gasteiger partial charge in [0.1, 0.15) is 23.9 Å². The zero-order chi connectivity index (χ0) is 42.7. The molecule has 4 aromatic carbocycles. The molecule has 0 spiro atoms. The minimum atomic E-state index is -3.97. The Balaban J connectivity index is 0.995. The third-order valence-corrected chi connectivity index (χ3v) is 11.7. The zero-order valence-electron chi connectivity index (χ0n) is 31.3. The molecular formula is C40H30N8O10S3. The van der Waals surface area contributed by atoms with Crippen LogP contribution >= 0.6 is 24.4 Å². The van der Waals surface area contributed by atoms with Crippen molar-refractivity contribution in [2.45, 2.75) is 35.0 Å². The van der Waals surface area contributed by atoms with E-state index >= 15 is 0 Å². The Kier molecular flexibility index (Phi) is 11.2. The van der Waals surface area contributed by atoms with Crippen LogP contribution in [0.4, 0.5) is 22.7 Å². The Bertz CT molecular complexity index is 2830. The van der Waals surface area contributed by atoms with E-state index < -0.39 is 32.0 Å². The van der Waals surface area contributed by atoms with Crippen molar-refractivity contribution in [3.63, 3.8) is 0 Å². The van der Waals surface area contributed by atoms with Gasteiger partial charge in [-0.1, -0.05) is 0 Å². The fourth-order valence-electron chi connectivity index (χ4n) is 6.27. The van der Waals surface area contributed by atoms with Gasteiger partial charge in [0.2, 0.25) is 21.6 Å². The fraction of sp³-hybridized carbons (Fsp3) is 0.100. The van der Waals surface area contributed by atoms with Crippen LogP contribution in [0.3, 0.4) is 0 Å². The summed E-state index contributed by atoms with van der Waals surface area (Å²) in [6.45, 7) is 0. The Labute approximate surface area is 354 Å². The number of nitro benzene ring substituents is 2. The number of furan rings is 2. The SMILES string of the molecule is O=[N+]([O-])c1ccc(-c2nn(C(Cc3ccco3)Nc3ccc(S(=O)(=O)c4ccc(NC(Cc5ccco5)n5nc(-c6ccc([N+](=O)[O-])cc6)oc5=S)cc4)cc3)c(=S)o2)cc1. The first-order chi connectivity index (χ1) is 29.4. The van der Waals surface area contributed by atoms with Crippen molar-refractivity contribution in [2.75, 3.05) is 10.6 Å². The average Bonchev–Trinajstić information content (AvgIpc) is 4.10. The van der Waals surface area contributed by atoms with Crippen molar-refractivity contribution >= 4 is 57.0 Å². The summed E-state index contributed by atoms with van der Waals surface area (Å²) in [5.74, 6) is 1.52. The molecule has 0 aliphatic rings. The van der Waals surface area contributed by atoms with E-state index in [4.69, 9.17) is 42.1 Å². The van der Waals surface area contributed by atoms with Crippen LogP contribution in [-0.2, 0) is 22.7 Å². The van der Waals surface area contributed by atoms with Crippen molar-refractivity contribution in [1.82, 2.24) is 19.6 Å². The van der Waals surface area contributed by atoms with Crippen LogP contribution in [0.25, 0.3) is 22.9 Å². The Morgan fingerprint density at radius 3 is 1.30 bits per heavy atom. The molecule has 21 heteroatoms. The summed E-state index contributed by atoms with van der Waals surface area (Å²) >= 11 is 11.0. The fourth-order valence-corrected chi connectivity index (χ4v) is 8.03. The molecule has 0 saturated heterocycles. The maximum atomic E-state index is 13.8. The van der Waals surface area contributed by atoms with Crippen molar-refractivity contribution in [1.29, 1.82) is 0 Å². The molecule has 0 bridgehead atoms. The highest BCUT2D eigenvalue weighted by Gasteiger charge is 2.24. The number of hydrogen-bond acceptors (Lipinski definition) is 16. The lowest BCUT2D eigenvalue weighted by Gasteiger charge is -2.19. The molecule has 2 unspecified atom stereocenters. The molecule has 18 nitrogen and oxygen atoms in total. The lowest BCUT2D eigenvalue weighted by Crippen LogP contribution is -2.22. The zero-order valence-corrected chi connectivity index (χ0v) is 33.7. The highest BCUT2D eigenvalue weighted by molar-refractivity contribution is 7.91. The molecule has 8 rings (SSSR count). The number of non-ortho nitro benzene ring substituents is 2. The molecule has 8 aromatic rings. The molecule has 61 heavy (non-hydrogen) atoms.